The van der Waals surface area contributed by atoms with Crippen molar-refractivity contribution in [1.29, 1.82) is 5.41 Å². The van der Waals surface area contributed by atoms with Gasteiger partial charge in [0.25, 0.3) is 0 Å². The van der Waals surface area contributed by atoms with Crippen molar-refractivity contribution in [3.05, 3.63) is 105 Å². The maximum absolute atomic E-state index is 13.7. The highest BCUT2D eigenvalue weighted by molar-refractivity contribution is 9.10. The molecule has 0 fully saturated rings. The van der Waals surface area contributed by atoms with Gasteiger partial charge in [0.15, 0.2) is 17.3 Å². The Bertz CT molecular complexity index is 1440. The SMILES string of the molecule is COc1cccc([C@@H]2C(=C(O)c3ccccc3)C(=N)N(c3cccc(Br)c3)C3=C2C(=O)CCC3)c1OC. The second-order valence-corrected chi connectivity index (χ2v) is 9.86. The molecule has 1 atom stereocenters. The number of para-hydroxylation sites is 1. The van der Waals surface area contributed by atoms with Crippen molar-refractivity contribution in [2.45, 2.75) is 25.2 Å². The number of methoxy groups -OCH3 is 2. The van der Waals surface area contributed by atoms with Crippen LogP contribution in [-0.4, -0.2) is 30.9 Å². The highest BCUT2D eigenvalue weighted by Crippen LogP contribution is 2.51. The number of aliphatic hydroxyl groups excluding tert-OH is 1. The maximum Gasteiger partial charge on any atom is 0.164 e. The van der Waals surface area contributed by atoms with E-state index in [1.54, 1.807) is 37.3 Å². The van der Waals surface area contributed by atoms with Gasteiger partial charge in [-0.25, -0.2) is 0 Å². The summed E-state index contributed by atoms with van der Waals surface area (Å²) in [5.74, 6) is 0.353. The van der Waals surface area contributed by atoms with Gasteiger partial charge in [-0.05, 0) is 37.1 Å². The maximum atomic E-state index is 13.7. The van der Waals surface area contributed by atoms with Crippen LogP contribution in [0.2, 0.25) is 0 Å². The van der Waals surface area contributed by atoms with E-state index in [0.29, 0.717) is 53.0 Å². The van der Waals surface area contributed by atoms with Crippen LogP contribution >= 0.6 is 15.9 Å². The molecule has 0 saturated heterocycles. The van der Waals surface area contributed by atoms with Crippen LogP contribution in [0.3, 0.4) is 0 Å². The fraction of sp³-hybridized carbons (Fsp3) is 0.200. The minimum absolute atomic E-state index is 0.00183. The number of benzene rings is 3. The molecule has 6 nitrogen and oxygen atoms in total. The molecule has 0 amide bonds. The molecule has 0 spiro atoms. The zero-order valence-corrected chi connectivity index (χ0v) is 22.2. The van der Waals surface area contributed by atoms with Crippen LogP contribution in [0.15, 0.2) is 94.1 Å². The van der Waals surface area contributed by atoms with Crippen LogP contribution in [0.4, 0.5) is 5.69 Å². The van der Waals surface area contributed by atoms with Crippen molar-refractivity contribution in [3.8, 4) is 11.5 Å². The number of ether oxygens (including phenoxy) is 2. The zero-order valence-electron chi connectivity index (χ0n) is 20.6. The molecule has 1 aliphatic heterocycles. The number of Topliss-reactive ketones (excluding diaryl/α,β-unsaturated/α-hetero) is 1. The van der Waals surface area contributed by atoms with E-state index in [4.69, 9.17) is 9.47 Å². The van der Waals surface area contributed by atoms with E-state index in [2.05, 4.69) is 15.9 Å². The fourth-order valence-electron chi connectivity index (χ4n) is 5.29. The molecule has 2 N–H and O–H groups in total. The number of nitrogens with one attached hydrogen (secondary N) is 1. The summed E-state index contributed by atoms with van der Waals surface area (Å²) in [7, 11) is 3.12. The predicted octanol–water partition coefficient (Wildman–Crippen LogP) is 7.02. The third-order valence-corrected chi connectivity index (χ3v) is 7.36. The summed E-state index contributed by atoms with van der Waals surface area (Å²) >= 11 is 3.54. The lowest BCUT2D eigenvalue weighted by Gasteiger charge is -2.42. The van der Waals surface area contributed by atoms with Gasteiger partial charge in [0.1, 0.15) is 11.6 Å². The number of hydrogen-bond donors (Lipinski definition) is 2. The first-order valence-electron chi connectivity index (χ1n) is 12.1. The minimum atomic E-state index is -0.705. The molecule has 0 radical (unpaired) electrons. The molecule has 0 aromatic heterocycles. The molecular weight excluding hydrogens is 532 g/mol. The average Bonchev–Trinajstić information content (AvgIpc) is 2.92. The normalized spacial score (nSPS) is 19.0. The van der Waals surface area contributed by atoms with Crippen molar-refractivity contribution in [1.82, 2.24) is 0 Å². The Labute approximate surface area is 224 Å². The summed E-state index contributed by atoms with van der Waals surface area (Å²) in [6, 6.07) is 22.3. The first-order valence-corrected chi connectivity index (χ1v) is 12.9. The van der Waals surface area contributed by atoms with Crippen LogP contribution in [0.25, 0.3) is 5.76 Å². The first kappa shape index (κ1) is 24.8. The molecule has 0 unspecified atom stereocenters. The third kappa shape index (κ3) is 4.33. The smallest absolute Gasteiger partial charge is 0.164 e. The Kier molecular flexibility index (Phi) is 6.89. The lowest BCUT2D eigenvalue weighted by atomic mass is 9.73. The average molecular weight is 559 g/mol. The largest absolute Gasteiger partial charge is 0.507 e. The molecule has 2 aliphatic rings. The molecule has 3 aromatic carbocycles. The number of hydrogen-bond acceptors (Lipinski definition) is 5. The van der Waals surface area contributed by atoms with E-state index in [-0.39, 0.29) is 17.4 Å². The van der Waals surface area contributed by atoms with Gasteiger partial charge in [-0.3, -0.25) is 15.1 Å². The Morgan fingerprint density at radius 2 is 1.76 bits per heavy atom. The Balaban J connectivity index is 1.88. The molecule has 188 valence electrons. The van der Waals surface area contributed by atoms with Gasteiger partial charge in [-0.2, -0.15) is 0 Å². The first-order chi connectivity index (χ1) is 18.0. The summed E-state index contributed by atoms with van der Waals surface area (Å²) in [6.07, 6.45) is 1.74. The second-order valence-electron chi connectivity index (χ2n) is 8.95. The Morgan fingerprint density at radius 3 is 2.46 bits per heavy atom. The summed E-state index contributed by atoms with van der Waals surface area (Å²) in [6.45, 7) is 0. The zero-order chi connectivity index (χ0) is 26.1. The van der Waals surface area contributed by atoms with E-state index in [0.717, 1.165) is 15.9 Å². The van der Waals surface area contributed by atoms with Gasteiger partial charge in [0.2, 0.25) is 0 Å². The predicted molar refractivity (Wildman–Crippen MR) is 149 cm³/mol. The number of amidine groups is 1. The van der Waals surface area contributed by atoms with Crippen molar-refractivity contribution < 1.29 is 19.4 Å². The van der Waals surface area contributed by atoms with Crippen LogP contribution in [0.5, 0.6) is 11.5 Å². The topological polar surface area (TPSA) is 82.9 Å². The molecule has 7 heteroatoms. The van der Waals surface area contributed by atoms with Gasteiger partial charge < -0.3 is 14.6 Å². The van der Waals surface area contributed by atoms with Crippen LogP contribution in [0.1, 0.15) is 36.3 Å². The van der Waals surface area contributed by atoms with Crippen molar-refractivity contribution >= 4 is 39.0 Å². The summed E-state index contributed by atoms with van der Waals surface area (Å²) in [5.41, 5.74) is 3.67. The summed E-state index contributed by atoms with van der Waals surface area (Å²) < 4.78 is 12.2. The standard InChI is InChI=1S/C30H27BrN2O4/c1-36-24-16-7-13-21(29(24)37-2)25-26-22(14-8-15-23(26)34)33(20-12-6-11-19(31)17-20)30(32)27(25)28(35)18-9-4-3-5-10-18/h3-7,9-13,16-17,25,32,35H,8,14-15H2,1-2H3/t25-/m0/s1. The van der Waals surface area contributed by atoms with Crippen LogP contribution in [0, 0.1) is 5.41 Å². The molecule has 37 heavy (non-hydrogen) atoms. The number of rotatable bonds is 5. The van der Waals surface area contributed by atoms with Crippen molar-refractivity contribution in [3.63, 3.8) is 0 Å². The lowest BCUT2D eigenvalue weighted by Crippen LogP contribution is -2.42. The molecule has 3 aromatic rings. The highest BCUT2D eigenvalue weighted by atomic mass is 79.9. The second kappa shape index (κ2) is 10.3. The van der Waals surface area contributed by atoms with E-state index in [9.17, 15) is 15.3 Å². The molecule has 5 rings (SSSR count). The number of ketones is 1. The van der Waals surface area contributed by atoms with Crippen LogP contribution in [-0.2, 0) is 4.79 Å². The molecule has 0 saturated carbocycles. The quantitative estimate of drug-likeness (QED) is 0.328. The number of aliphatic hydroxyl groups is 1. The molecule has 1 heterocycles. The number of nitrogens with zero attached hydrogens (tertiary/aromatic N) is 1. The van der Waals surface area contributed by atoms with Gasteiger partial charge in [0, 0.05) is 44.6 Å². The van der Waals surface area contributed by atoms with Gasteiger partial charge in [-0.15, -0.1) is 0 Å². The molecule has 1 aliphatic carbocycles. The van der Waals surface area contributed by atoms with Crippen molar-refractivity contribution in [2.24, 2.45) is 0 Å². The Hall–Kier alpha value is -3.84. The minimum Gasteiger partial charge on any atom is -0.507 e. The molecule has 0 bridgehead atoms. The van der Waals surface area contributed by atoms with E-state index in [1.165, 1.54) is 0 Å². The third-order valence-electron chi connectivity index (χ3n) is 6.87. The highest BCUT2D eigenvalue weighted by Gasteiger charge is 2.44. The van der Waals surface area contributed by atoms with Gasteiger partial charge in [0.05, 0.1) is 20.1 Å². The van der Waals surface area contributed by atoms with E-state index >= 15 is 0 Å². The summed E-state index contributed by atoms with van der Waals surface area (Å²) in [4.78, 5) is 15.5. The van der Waals surface area contributed by atoms with Crippen LogP contribution < -0.4 is 14.4 Å². The monoisotopic (exact) mass is 558 g/mol. The number of halogens is 1. The summed E-state index contributed by atoms with van der Waals surface area (Å²) in [5, 5.41) is 21.2. The lowest BCUT2D eigenvalue weighted by molar-refractivity contribution is -0.116. The van der Waals surface area contributed by atoms with E-state index < -0.39 is 5.92 Å². The number of anilines is 1. The molecular formula is C30H27BrN2O4. The van der Waals surface area contributed by atoms with Gasteiger partial charge in [-0.1, -0.05) is 64.5 Å². The fourth-order valence-corrected chi connectivity index (χ4v) is 5.68. The number of carbonyl (C=O) groups excluding carboxylic acids is 1. The van der Waals surface area contributed by atoms with Gasteiger partial charge >= 0.3 is 0 Å². The Morgan fingerprint density at radius 1 is 1.00 bits per heavy atom. The number of allylic oxidation sites excluding steroid dienone is 2. The van der Waals surface area contributed by atoms with Crippen molar-refractivity contribution in [2.75, 3.05) is 19.1 Å². The van der Waals surface area contributed by atoms with E-state index in [1.807, 2.05) is 54.6 Å². The number of carbonyl (C=O) groups is 1.